The lowest BCUT2D eigenvalue weighted by Crippen LogP contribution is -2.24. The van der Waals surface area contributed by atoms with Crippen molar-refractivity contribution in [1.29, 1.82) is 0 Å². The molecule has 3 rings (SSSR count). The van der Waals surface area contributed by atoms with Gasteiger partial charge in [-0.15, -0.1) is 0 Å². The summed E-state index contributed by atoms with van der Waals surface area (Å²) in [5.74, 6) is 0.951. The van der Waals surface area contributed by atoms with Crippen molar-refractivity contribution in [1.82, 2.24) is 19.5 Å². The molecule has 8 nitrogen and oxygen atoms in total. The van der Waals surface area contributed by atoms with Crippen LogP contribution in [0.3, 0.4) is 0 Å². The molecule has 4 N–H and O–H groups in total. The smallest absolute Gasteiger partial charge is 0.168 e. The molecule has 0 unspecified atom stereocenters. The lowest BCUT2D eigenvalue weighted by atomic mass is 10.2. The van der Waals surface area contributed by atoms with Crippen molar-refractivity contribution in [3.63, 3.8) is 0 Å². The van der Waals surface area contributed by atoms with Crippen molar-refractivity contribution in [3.05, 3.63) is 18.2 Å². The quantitative estimate of drug-likeness (QED) is 0.747. The predicted molar refractivity (Wildman–Crippen MR) is 85.3 cm³/mol. The van der Waals surface area contributed by atoms with Crippen molar-refractivity contribution in [2.45, 2.75) is 44.6 Å². The zero-order valence-electron chi connectivity index (χ0n) is 13.0. The number of aliphatic hydroxyl groups excluding tert-OH is 2. The molecule has 0 aromatic carbocycles. The number of nitrogen functional groups attached to an aromatic ring is 1. The molecule has 3 atom stereocenters. The minimum Gasteiger partial charge on any atom is -0.394 e. The molecule has 0 bridgehead atoms. The maximum absolute atomic E-state index is 10.00. The zero-order chi connectivity index (χ0) is 16.4. The first-order chi connectivity index (χ1) is 11.2. The molecule has 2 aromatic rings. The molecule has 3 heterocycles. The van der Waals surface area contributed by atoms with E-state index in [1.54, 1.807) is 4.57 Å². The van der Waals surface area contributed by atoms with Crippen LogP contribution in [0.1, 0.15) is 38.2 Å². The Hall–Kier alpha value is -2.03. The molecular formula is C15H21N5O3. The van der Waals surface area contributed by atoms with E-state index in [4.69, 9.17) is 10.5 Å². The summed E-state index contributed by atoms with van der Waals surface area (Å²) >= 11 is 0. The topological polar surface area (TPSA) is 119 Å². The van der Waals surface area contributed by atoms with E-state index >= 15 is 0 Å². The van der Waals surface area contributed by atoms with Gasteiger partial charge in [-0.2, -0.15) is 0 Å². The van der Waals surface area contributed by atoms with Crippen LogP contribution in [0.15, 0.2) is 12.4 Å². The summed E-state index contributed by atoms with van der Waals surface area (Å²) in [7, 11) is 0. The third-order valence-electron chi connectivity index (χ3n) is 3.93. The molecular weight excluding hydrogens is 298 g/mol. The summed E-state index contributed by atoms with van der Waals surface area (Å²) in [4.78, 5) is 12.7. The number of aromatic nitrogens is 4. The summed E-state index contributed by atoms with van der Waals surface area (Å²) in [6, 6.07) is 0. The van der Waals surface area contributed by atoms with E-state index in [2.05, 4.69) is 21.9 Å². The second-order valence-corrected chi connectivity index (χ2v) is 5.58. The van der Waals surface area contributed by atoms with Crippen molar-refractivity contribution in [3.8, 4) is 0 Å². The number of fused-ring (bicyclic) bond motifs is 1. The van der Waals surface area contributed by atoms with Gasteiger partial charge in [-0.05, 0) is 12.5 Å². The number of ether oxygens (including phenoxy) is 1. The van der Waals surface area contributed by atoms with Crippen molar-refractivity contribution >= 4 is 23.1 Å². The highest BCUT2D eigenvalue weighted by Crippen LogP contribution is 2.33. The predicted octanol–water partition coefficient (Wildman–Crippen LogP) is 0.862. The fourth-order valence-corrected chi connectivity index (χ4v) is 2.74. The minimum absolute atomic E-state index is 0.234. The number of anilines is 1. The standard InChI is InChI=1S/C15H21N5O3/c1-2-3-4-5-11-19-13-14(16)17-8-18-15(13)20(11)12-6-9(22)10(7-21)23-12/h4-5,8-10,12,21-22H,2-3,6-7H2,1H3,(H2,16,17,18)/b5-4+/t9-,10+,12+/m0/s1. The summed E-state index contributed by atoms with van der Waals surface area (Å²) in [5.41, 5.74) is 6.96. The van der Waals surface area contributed by atoms with E-state index in [0.29, 0.717) is 29.2 Å². The third-order valence-corrected chi connectivity index (χ3v) is 3.93. The molecule has 1 saturated heterocycles. The van der Waals surface area contributed by atoms with E-state index in [9.17, 15) is 10.2 Å². The number of nitrogens with zero attached hydrogens (tertiary/aromatic N) is 4. The Bertz CT molecular complexity index is 714. The van der Waals surface area contributed by atoms with Gasteiger partial charge in [0.2, 0.25) is 0 Å². The van der Waals surface area contributed by atoms with Crippen LogP contribution in [0.2, 0.25) is 0 Å². The van der Waals surface area contributed by atoms with Crippen molar-refractivity contribution in [2.75, 3.05) is 12.3 Å². The van der Waals surface area contributed by atoms with Crippen LogP contribution in [0, 0.1) is 0 Å². The molecule has 1 fully saturated rings. The van der Waals surface area contributed by atoms with Gasteiger partial charge >= 0.3 is 0 Å². The Morgan fingerprint density at radius 2 is 2.30 bits per heavy atom. The number of allylic oxidation sites excluding steroid dienone is 1. The highest BCUT2D eigenvalue weighted by molar-refractivity contribution is 5.83. The normalized spacial score (nSPS) is 24.9. The Morgan fingerprint density at radius 3 is 3.00 bits per heavy atom. The van der Waals surface area contributed by atoms with Gasteiger partial charge in [0.15, 0.2) is 17.0 Å². The highest BCUT2D eigenvalue weighted by Gasteiger charge is 2.36. The second kappa shape index (κ2) is 6.61. The van der Waals surface area contributed by atoms with Crippen LogP contribution >= 0.6 is 0 Å². The summed E-state index contributed by atoms with van der Waals surface area (Å²) in [6.45, 7) is 1.86. The minimum atomic E-state index is -0.728. The van der Waals surface area contributed by atoms with Gasteiger partial charge < -0.3 is 20.7 Å². The van der Waals surface area contributed by atoms with Gasteiger partial charge in [-0.1, -0.05) is 19.4 Å². The number of imidazole rings is 1. The molecule has 1 aliphatic heterocycles. The van der Waals surface area contributed by atoms with E-state index in [1.165, 1.54) is 6.33 Å². The monoisotopic (exact) mass is 319 g/mol. The van der Waals surface area contributed by atoms with Crippen LogP contribution in [0.4, 0.5) is 5.82 Å². The largest absolute Gasteiger partial charge is 0.394 e. The number of aliphatic hydroxyl groups is 2. The van der Waals surface area contributed by atoms with E-state index in [0.717, 1.165) is 12.8 Å². The van der Waals surface area contributed by atoms with Crippen LogP contribution < -0.4 is 5.73 Å². The summed E-state index contributed by atoms with van der Waals surface area (Å²) in [5, 5.41) is 19.3. The van der Waals surface area contributed by atoms with Crippen LogP contribution in [-0.4, -0.2) is 48.5 Å². The van der Waals surface area contributed by atoms with Crippen molar-refractivity contribution in [2.24, 2.45) is 0 Å². The number of rotatable bonds is 5. The molecule has 8 heteroatoms. The van der Waals surface area contributed by atoms with Gasteiger partial charge in [-0.3, -0.25) is 4.57 Å². The Balaban J connectivity index is 2.06. The molecule has 1 aliphatic rings. The highest BCUT2D eigenvalue weighted by atomic mass is 16.5. The third kappa shape index (κ3) is 2.92. The number of hydrogen-bond acceptors (Lipinski definition) is 7. The molecule has 0 aliphatic carbocycles. The maximum atomic E-state index is 10.00. The van der Waals surface area contributed by atoms with Crippen molar-refractivity contribution < 1.29 is 14.9 Å². The Kier molecular flexibility index (Phi) is 4.56. The first-order valence-corrected chi connectivity index (χ1v) is 7.75. The maximum Gasteiger partial charge on any atom is 0.168 e. The zero-order valence-corrected chi connectivity index (χ0v) is 13.0. The van der Waals surface area contributed by atoms with E-state index in [-0.39, 0.29) is 6.61 Å². The summed E-state index contributed by atoms with van der Waals surface area (Å²) < 4.78 is 7.55. The van der Waals surface area contributed by atoms with Gasteiger partial charge in [-0.25, -0.2) is 15.0 Å². The number of hydrogen-bond donors (Lipinski definition) is 3. The van der Waals surface area contributed by atoms with Gasteiger partial charge in [0.1, 0.15) is 24.5 Å². The van der Waals surface area contributed by atoms with E-state index < -0.39 is 18.4 Å². The average molecular weight is 319 g/mol. The molecule has 0 saturated carbocycles. The Labute approximate surface area is 133 Å². The second-order valence-electron chi connectivity index (χ2n) is 5.58. The van der Waals surface area contributed by atoms with Crippen LogP contribution in [0.25, 0.3) is 17.2 Å². The molecule has 0 spiro atoms. The van der Waals surface area contributed by atoms with Gasteiger partial charge in [0.05, 0.1) is 12.7 Å². The lowest BCUT2D eigenvalue weighted by molar-refractivity contribution is -0.0434. The number of nitrogens with two attached hydrogens (primary N) is 1. The lowest BCUT2D eigenvalue weighted by Gasteiger charge is -2.15. The first kappa shape index (κ1) is 15.9. The molecule has 124 valence electrons. The van der Waals surface area contributed by atoms with Gasteiger partial charge in [0, 0.05) is 6.42 Å². The fourth-order valence-electron chi connectivity index (χ4n) is 2.74. The SMILES string of the molecule is CCC/C=C/c1nc2c(N)ncnc2n1[C@H]1C[C@H](O)[C@@H](CO)O1. The fraction of sp³-hybridized carbons (Fsp3) is 0.533. The molecule has 23 heavy (non-hydrogen) atoms. The molecule has 0 radical (unpaired) electrons. The molecule has 0 amide bonds. The molecule has 2 aromatic heterocycles. The Morgan fingerprint density at radius 1 is 1.48 bits per heavy atom. The van der Waals surface area contributed by atoms with Crippen LogP contribution in [0.5, 0.6) is 0 Å². The van der Waals surface area contributed by atoms with Crippen LogP contribution in [-0.2, 0) is 4.74 Å². The van der Waals surface area contributed by atoms with Gasteiger partial charge in [0.25, 0.3) is 0 Å². The van der Waals surface area contributed by atoms with E-state index in [1.807, 2.05) is 12.2 Å². The summed E-state index contributed by atoms with van der Waals surface area (Å²) in [6.07, 6.45) is 5.82. The number of unbranched alkanes of at least 4 members (excludes halogenated alkanes) is 1. The average Bonchev–Trinajstić information content (AvgIpc) is 3.08. The first-order valence-electron chi connectivity index (χ1n) is 7.75.